The lowest BCUT2D eigenvalue weighted by Gasteiger charge is -2.32. The molecule has 8 heteroatoms. The Kier molecular flexibility index (Phi) is 8.43. The van der Waals surface area contributed by atoms with Gasteiger partial charge in [0.25, 0.3) is 0 Å². The number of benzene rings is 3. The molecular weight excluding hydrogens is 482 g/mol. The molecule has 1 saturated heterocycles. The molecule has 1 fully saturated rings. The molecule has 1 aliphatic heterocycles. The molecule has 0 aromatic heterocycles. The van der Waals surface area contributed by atoms with E-state index in [0.29, 0.717) is 0 Å². The number of ether oxygens (including phenoxy) is 1. The van der Waals surface area contributed by atoms with E-state index in [2.05, 4.69) is 0 Å². The fourth-order valence-corrected chi connectivity index (χ4v) is 4.71. The molecule has 1 heterocycles. The largest absolute Gasteiger partial charge is 0.480 e. The van der Waals surface area contributed by atoms with E-state index in [9.17, 15) is 19.5 Å². The van der Waals surface area contributed by atoms with Crippen molar-refractivity contribution in [2.45, 2.75) is 44.2 Å². The third kappa shape index (κ3) is 5.86. The van der Waals surface area contributed by atoms with E-state index >= 15 is 0 Å². The van der Waals surface area contributed by atoms with Crippen LogP contribution in [0.2, 0.25) is 0 Å². The number of nitrogens with zero attached hydrogens (tertiary/aromatic N) is 3. The molecule has 198 valence electrons. The zero-order valence-corrected chi connectivity index (χ0v) is 21.8. The highest BCUT2D eigenvalue weighted by molar-refractivity contribution is 5.96. The Labute approximate surface area is 223 Å². The van der Waals surface area contributed by atoms with Gasteiger partial charge < -0.3 is 24.5 Å². The first-order chi connectivity index (χ1) is 18.3. The second-order valence-corrected chi connectivity index (χ2v) is 9.71. The normalized spacial score (nSPS) is 18.9. The summed E-state index contributed by atoms with van der Waals surface area (Å²) in [4.78, 5) is 44.7. The molecule has 0 unspecified atom stereocenters. The molecule has 1 aliphatic rings. The van der Waals surface area contributed by atoms with Gasteiger partial charge in [0.05, 0.1) is 0 Å². The first-order valence-corrected chi connectivity index (χ1v) is 12.6. The maximum Gasteiger partial charge on any atom is 0.332 e. The minimum absolute atomic E-state index is 0.0575. The third-order valence-electron chi connectivity index (χ3n) is 6.97. The Morgan fingerprint density at radius 2 is 1.26 bits per heavy atom. The lowest BCUT2D eigenvalue weighted by atomic mass is 10.0. The number of hydrogen-bond acceptors (Lipinski definition) is 5. The van der Waals surface area contributed by atoms with Gasteiger partial charge in [-0.3, -0.25) is 0 Å². The minimum Gasteiger partial charge on any atom is -0.480 e. The van der Waals surface area contributed by atoms with Crippen LogP contribution in [0, 0.1) is 0 Å². The van der Waals surface area contributed by atoms with Crippen molar-refractivity contribution >= 4 is 18.0 Å². The van der Waals surface area contributed by atoms with E-state index in [4.69, 9.17) is 4.74 Å². The molecule has 0 radical (unpaired) electrons. The number of rotatable bonds is 10. The van der Waals surface area contributed by atoms with Gasteiger partial charge in [0.1, 0.15) is 6.10 Å². The summed E-state index contributed by atoms with van der Waals surface area (Å²) in [5.41, 5.74) is 2.34. The third-order valence-corrected chi connectivity index (χ3v) is 6.97. The first kappa shape index (κ1) is 26.9. The number of carbonyl (C=O) groups excluding carboxylic acids is 2. The lowest BCUT2D eigenvalue weighted by Crippen LogP contribution is -2.49. The number of likely N-dealkylation sites (N-methyl/N-ethyl adjacent to an activating group) is 1. The fourth-order valence-electron chi connectivity index (χ4n) is 4.71. The molecule has 0 saturated carbocycles. The van der Waals surface area contributed by atoms with Gasteiger partial charge in [-0.2, -0.15) is 0 Å². The van der Waals surface area contributed by atoms with Crippen LogP contribution < -0.4 is 0 Å². The summed E-state index contributed by atoms with van der Waals surface area (Å²) >= 11 is 0. The van der Waals surface area contributed by atoms with Crippen LogP contribution >= 0.6 is 0 Å². The first-order valence-electron chi connectivity index (χ1n) is 12.6. The molecule has 3 aromatic carbocycles. The van der Waals surface area contributed by atoms with Gasteiger partial charge in [0.15, 0.2) is 12.1 Å². The quantitative estimate of drug-likeness (QED) is 0.408. The number of esters is 1. The summed E-state index contributed by atoms with van der Waals surface area (Å²) < 4.78 is 6.07. The summed E-state index contributed by atoms with van der Waals surface area (Å²) in [7, 11) is 3.77. The Balaban J connectivity index is 1.71. The van der Waals surface area contributed by atoms with E-state index in [1.54, 1.807) is 0 Å². The van der Waals surface area contributed by atoms with Crippen molar-refractivity contribution in [1.82, 2.24) is 14.7 Å². The predicted octanol–water partition coefficient (Wildman–Crippen LogP) is 4.18. The fraction of sp³-hybridized carbons (Fsp3) is 0.300. The monoisotopic (exact) mass is 515 g/mol. The van der Waals surface area contributed by atoms with E-state index < -0.39 is 36.2 Å². The van der Waals surface area contributed by atoms with Crippen LogP contribution in [0.15, 0.2) is 91.0 Å². The molecule has 0 bridgehead atoms. The molecule has 0 aliphatic carbocycles. The van der Waals surface area contributed by atoms with Crippen molar-refractivity contribution in [3.8, 4) is 0 Å². The van der Waals surface area contributed by atoms with Gasteiger partial charge in [-0.1, -0.05) is 91.0 Å². The van der Waals surface area contributed by atoms with Crippen molar-refractivity contribution in [2.75, 3.05) is 14.1 Å². The van der Waals surface area contributed by atoms with Crippen molar-refractivity contribution < 1.29 is 24.2 Å². The van der Waals surface area contributed by atoms with E-state index in [1.807, 2.05) is 117 Å². The highest BCUT2D eigenvalue weighted by atomic mass is 16.5. The minimum atomic E-state index is -1.41. The van der Waals surface area contributed by atoms with Crippen LogP contribution in [0.25, 0.3) is 0 Å². The van der Waals surface area contributed by atoms with Gasteiger partial charge in [-0.15, -0.1) is 0 Å². The van der Waals surface area contributed by atoms with Crippen LogP contribution in [0.4, 0.5) is 4.79 Å². The predicted molar refractivity (Wildman–Crippen MR) is 143 cm³/mol. The Hall–Kier alpha value is -4.17. The average molecular weight is 516 g/mol. The molecule has 2 amide bonds. The average Bonchev–Trinajstić information content (AvgIpc) is 3.19. The number of amides is 2. The van der Waals surface area contributed by atoms with E-state index in [0.717, 1.165) is 16.7 Å². The number of carbonyl (C=O) groups is 3. The molecule has 38 heavy (non-hydrogen) atoms. The second-order valence-electron chi connectivity index (χ2n) is 9.71. The number of hydrogen-bond donors (Lipinski definition) is 1. The number of carboxylic acids is 1. The van der Waals surface area contributed by atoms with Crippen LogP contribution in [0.3, 0.4) is 0 Å². The smallest absolute Gasteiger partial charge is 0.332 e. The van der Waals surface area contributed by atoms with Gasteiger partial charge >= 0.3 is 18.0 Å². The Morgan fingerprint density at radius 1 is 0.816 bits per heavy atom. The van der Waals surface area contributed by atoms with E-state index in [-0.39, 0.29) is 19.1 Å². The highest BCUT2D eigenvalue weighted by Crippen LogP contribution is 2.31. The lowest BCUT2D eigenvalue weighted by molar-refractivity contribution is -0.162. The van der Waals surface area contributed by atoms with Crippen molar-refractivity contribution in [1.29, 1.82) is 0 Å². The van der Waals surface area contributed by atoms with Gasteiger partial charge in [-0.25, -0.2) is 14.4 Å². The summed E-state index contributed by atoms with van der Waals surface area (Å²) in [5, 5.41) is 10.3. The molecule has 8 nitrogen and oxygen atoms in total. The molecule has 4 rings (SSSR count). The van der Waals surface area contributed by atoms with Crippen LogP contribution in [0.5, 0.6) is 0 Å². The topological polar surface area (TPSA) is 90.4 Å². The molecule has 4 atom stereocenters. The maximum absolute atomic E-state index is 13.9. The van der Waals surface area contributed by atoms with Crippen LogP contribution in [-0.4, -0.2) is 70.0 Å². The highest BCUT2D eigenvalue weighted by Gasteiger charge is 2.54. The maximum atomic E-state index is 13.9. The van der Waals surface area contributed by atoms with Crippen molar-refractivity contribution in [3.63, 3.8) is 0 Å². The van der Waals surface area contributed by atoms with Gasteiger partial charge in [0.2, 0.25) is 0 Å². The van der Waals surface area contributed by atoms with Gasteiger partial charge in [-0.05, 0) is 37.7 Å². The SMILES string of the molecule is C[C@H]([C@@H](OC(=O)[C@@H]1[C@H](C(=O)O)N(Cc2ccccc2)C(=O)N1Cc1ccccc1)c1ccccc1)N(C)C. The molecule has 0 spiro atoms. The molecule has 1 N–H and O–H groups in total. The summed E-state index contributed by atoms with van der Waals surface area (Å²) in [6.45, 7) is 2.07. The summed E-state index contributed by atoms with van der Waals surface area (Å²) in [6, 6.07) is 24.2. The Morgan fingerprint density at radius 3 is 1.71 bits per heavy atom. The van der Waals surface area contributed by atoms with Crippen LogP contribution in [0.1, 0.15) is 29.7 Å². The Bertz CT molecular complexity index is 1240. The number of aliphatic carboxylic acids is 1. The number of carboxylic acid groups (broad SMARTS) is 1. The molecular formula is C30H33N3O5. The number of urea groups is 1. The van der Waals surface area contributed by atoms with Gasteiger partial charge in [0, 0.05) is 19.1 Å². The second kappa shape index (κ2) is 11.9. The van der Waals surface area contributed by atoms with Crippen molar-refractivity contribution in [2.24, 2.45) is 0 Å². The zero-order valence-electron chi connectivity index (χ0n) is 21.8. The zero-order chi connectivity index (χ0) is 27.2. The van der Waals surface area contributed by atoms with Crippen LogP contribution in [-0.2, 0) is 27.4 Å². The summed E-state index contributed by atoms with van der Waals surface area (Å²) in [6.07, 6.45) is -0.662. The molecule has 3 aromatic rings. The summed E-state index contributed by atoms with van der Waals surface area (Å²) in [5.74, 6) is -2.01. The standard InChI is InChI=1S/C30H33N3O5/c1-21(31(2)3)27(24-17-11-6-12-18-24)38-29(36)26-25(28(34)35)32(19-22-13-7-4-8-14-22)30(37)33(26)20-23-15-9-5-10-16-23/h4-18,21,25-27H,19-20H2,1-3H3,(H,34,35)/t21-,25-,26+,27-/m1/s1. The van der Waals surface area contributed by atoms with E-state index in [1.165, 1.54) is 9.80 Å². The van der Waals surface area contributed by atoms with Crippen molar-refractivity contribution in [3.05, 3.63) is 108 Å².